The third kappa shape index (κ3) is 3.71. The smallest absolute Gasteiger partial charge is 0.233 e. The van der Waals surface area contributed by atoms with Gasteiger partial charge >= 0.3 is 0 Å². The monoisotopic (exact) mass is 378 g/mol. The number of nitrogens with one attached hydrogen (secondary N) is 1. The number of aliphatic imine (C=N–C) groups is 1. The Hall–Kier alpha value is -1.63. The number of amidine groups is 1. The van der Waals surface area contributed by atoms with Crippen molar-refractivity contribution in [2.75, 3.05) is 12.3 Å². The largest absolute Gasteiger partial charge is 0.305 e. The number of carbonyl (C=O) groups excluding carboxylic acids is 2. The first-order chi connectivity index (χ1) is 11.6. The highest BCUT2D eigenvalue weighted by molar-refractivity contribution is 8.14. The Morgan fingerprint density at radius 3 is 2.79 bits per heavy atom. The Balaban J connectivity index is 1.76. The fourth-order valence-corrected chi connectivity index (χ4v) is 3.99. The minimum Gasteiger partial charge on any atom is -0.305 e. The van der Waals surface area contributed by atoms with Crippen LogP contribution in [0.2, 0.25) is 5.02 Å². The highest BCUT2D eigenvalue weighted by Gasteiger charge is 2.21. The molecule has 1 aromatic heterocycles. The summed E-state index contributed by atoms with van der Waals surface area (Å²) < 4.78 is 0. The molecule has 3 rings (SSSR count). The molecule has 0 saturated carbocycles. The molecule has 1 aromatic carbocycles. The number of benzene rings is 1. The van der Waals surface area contributed by atoms with Crippen molar-refractivity contribution < 1.29 is 9.59 Å². The Labute approximate surface area is 153 Å². The van der Waals surface area contributed by atoms with Crippen molar-refractivity contribution in [3.63, 3.8) is 0 Å². The summed E-state index contributed by atoms with van der Waals surface area (Å²) in [5.74, 6) is 0.291. The third-order valence-electron chi connectivity index (χ3n) is 3.69. The first-order valence-corrected chi connectivity index (χ1v) is 9.66. The SMILES string of the molecule is C[C@H](C(=O)NC1=NCCS1)c1ccc(C(=O)c2cccs2)c(Cl)c1. The molecule has 0 bridgehead atoms. The average Bonchev–Trinajstić information content (AvgIpc) is 3.27. The molecule has 7 heteroatoms. The number of thiophene rings is 1. The summed E-state index contributed by atoms with van der Waals surface area (Å²) in [7, 11) is 0. The van der Waals surface area contributed by atoms with E-state index in [1.54, 1.807) is 24.3 Å². The van der Waals surface area contributed by atoms with Crippen molar-refractivity contribution in [1.82, 2.24) is 5.32 Å². The van der Waals surface area contributed by atoms with E-state index < -0.39 is 0 Å². The summed E-state index contributed by atoms with van der Waals surface area (Å²) in [5, 5.41) is 5.70. The number of rotatable bonds is 4. The predicted molar refractivity (Wildman–Crippen MR) is 101 cm³/mol. The van der Waals surface area contributed by atoms with E-state index in [9.17, 15) is 9.59 Å². The van der Waals surface area contributed by atoms with Gasteiger partial charge in [0.2, 0.25) is 11.7 Å². The van der Waals surface area contributed by atoms with Crippen molar-refractivity contribution in [2.45, 2.75) is 12.8 Å². The first-order valence-electron chi connectivity index (χ1n) is 7.42. The van der Waals surface area contributed by atoms with Crippen LogP contribution in [0.4, 0.5) is 0 Å². The Bertz CT molecular complexity index is 803. The van der Waals surface area contributed by atoms with E-state index in [4.69, 9.17) is 11.6 Å². The number of amides is 1. The van der Waals surface area contributed by atoms with E-state index >= 15 is 0 Å². The second-order valence-corrected chi connectivity index (χ2v) is 7.73. The Morgan fingerprint density at radius 1 is 1.33 bits per heavy atom. The van der Waals surface area contributed by atoms with Crippen molar-refractivity contribution in [3.8, 4) is 0 Å². The Morgan fingerprint density at radius 2 is 2.17 bits per heavy atom. The molecule has 124 valence electrons. The van der Waals surface area contributed by atoms with Crippen LogP contribution in [0.25, 0.3) is 0 Å². The minimum absolute atomic E-state index is 0.102. The molecule has 4 nitrogen and oxygen atoms in total. The van der Waals surface area contributed by atoms with Gasteiger partial charge in [0.15, 0.2) is 5.17 Å². The van der Waals surface area contributed by atoms with Crippen LogP contribution >= 0.6 is 34.7 Å². The van der Waals surface area contributed by atoms with E-state index in [0.29, 0.717) is 20.6 Å². The molecule has 1 atom stereocenters. The van der Waals surface area contributed by atoms with Gasteiger partial charge in [0.25, 0.3) is 0 Å². The van der Waals surface area contributed by atoms with Gasteiger partial charge in [0, 0.05) is 11.3 Å². The van der Waals surface area contributed by atoms with E-state index in [-0.39, 0.29) is 17.6 Å². The zero-order chi connectivity index (χ0) is 17.1. The van der Waals surface area contributed by atoms with Gasteiger partial charge in [-0.1, -0.05) is 35.5 Å². The van der Waals surface area contributed by atoms with E-state index in [2.05, 4.69) is 10.3 Å². The van der Waals surface area contributed by atoms with Gasteiger partial charge in [-0.15, -0.1) is 11.3 Å². The van der Waals surface area contributed by atoms with Crippen molar-refractivity contribution in [1.29, 1.82) is 0 Å². The lowest BCUT2D eigenvalue weighted by molar-refractivity contribution is -0.120. The van der Waals surface area contributed by atoms with Gasteiger partial charge < -0.3 is 5.32 Å². The summed E-state index contributed by atoms with van der Waals surface area (Å²) in [6, 6.07) is 8.76. The van der Waals surface area contributed by atoms with E-state index in [1.807, 2.05) is 18.4 Å². The maximum atomic E-state index is 12.4. The number of nitrogens with zero attached hydrogens (tertiary/aromatic N) is 1. The fourth-order valence-electron chi connectivity index (χ4n) is 2.30. The summed E-state index contributed by atoms with van der Waals surface area (Å²) in [5.41, 5.74) is 1.22. The van der Waals surface area contributed by atoms with Crippen LogP contribution in [0.1, 0.15) is 33.6 Å². The maximum absolute atomic E-state index is 12.4. The molecule has 0 spiro atoms. The maximum Gasteiger partial charge on any atom is 0.233 e. The lowest BCUT2D eigenvalue weighted by Gasteiger charge is -2.13. The van der Waals surface area contributed by atoms with Crippen molar-refractivity contribution in [3.05, 3.63) is 56.7 Å². The van der Waals surface area contributed by atoms with Crippen LogP contribution < -0.4 is 5.32 Å². The molecule has 0 radical (unpaired) electrons. The number of hydrogen-bond donors (Lipinski definition) is 1. The number of ketones is 1. The molecule has 1 aliphatic heterocycles. The topological polar surface area (TPSA) is 58.5 Å². The average molecular weight is 379 g/mol. The predicted octanol–water partition coefficient (Wildman–Crippen LogP) is 3.96. The van der Waals surface area contributed by atoms with Crippen molar-refractivity contribution >= 4 is 51.6 Å². The van der Waals surface area contributed by atoms with Gasteiger partial charge in [-0.2, -0.15) is 0 Å². The zero-order valence-electron chi connectivity index (χ0n) is 12.9. The molecule has 0 aliphatic carbocycles. The lowest BCUT2D eigenvalue weighted by Crippen LogP contribution is -2.31. The van der Waals surface area contributed by atoms with Gasteiger partial charge in [-0.25, -0.2) is 0 Å². The normalized spacial score (nSPS) is 15.0. The summed E-state index contributed by atoms with van der Waals surface area (Å²) in [4.78, 5) is 29.6. The summed E-state index contributed by atoms with van der Waals surface area (Å²) >= 11 is 9.20. The van der Waals surface area contributed by atoms with Crippen LogP contribution in [0, 0.1) is 0 Å². The third-order valence-corrected chi connectivity index (χ3v) is 5.76. The van der Waals surface area contributed by atoms with Crippen LogP contribution in [0.3, 0.4) is 0 Å². The number of hydrogen-bond acceptors (Lipinski definition) is 5. The highest BCUT2D eigenvalue weighted by atomic mass is 35.5. The van der Waals surface area contributed by atoms with Crippen LogP contribution in [-0.4, -0.2) is 29.2 Å². The van der Waals surface area contributed by atoms with E-state index in [0.717, 1.165) is 17.9 Å². The van der Waals surface area contributed by atoms with Gasteiger partial charge in [-0.05, 0) is 36.1 Å². The molecular formula is C17H15ClN2O2S2. The van der Waals surface area contributed by atoms with Gasteiger partial charge in [0.1, 0.15) is 0 Å². The molecule has 0 fully saturated rings. The molecule has 1 N–H and O–H groups in total. The standard InChI is InChI=1S/C17H15ClN2O2S2/c1-10(16(22)20-17-19-6-8-24-17)11-4-5-12(13(18)9-11)15(21)14-3-2-7-23-14/h2-5,7,9-10H,6,8H2,1H3,(H,19,20,22)/t10-/m0/s1. The zero-order valence-corrected chi connectivity index (χ0v) is 15.3. The molecule has 2 heterocycles. The molecule has 1 amide bonds. The fraction of sp³-hybridized carbons (Fsp3) is 0.235. The van der Waals surface area contributed by atoms with Gasteiger partial charge in [0.05, 0.1) is 22.4 Å². The summed E-state index contributed by atoms with van der Waals surface area (Å²) in [6.45, 7) is 2.54. The summed E-state index contributed by atoms with van der Waals surface area (Å²) in [6.07, 6.45) is 0. The lowest BCUT2D eigenvalue weighted by atomic mass is 9.97. The molecule has 0 saturated heterocycles. The number of carbonyl (C=O) groups is 2. The molecule has 2 aromatic rings. The number of halogens is 1. The molecule has 24 heavy (non-hydrogen) atoms. The van der Waals surface area contributed by atoms with Crippen LogP contribution in [0.15, 0.2) is 40.7 Å². The van der Waals surface area contributed by atoms with Crippen LogP contribution in [0.5, 0.6) is 0 Å². The van der Waals surface area contributed by atoms with Crippen molar-refractivity contribution in [2.24, 2.45) is 4.99 Å². The Kier molecular flexibility index (Phi) is 5.38. The van der Waals surface area contributed by atoms with Gasteiger partial charge in [-0.3, -0.25) is 14.6 Å². The molecule has 1 aliphatic rings. The minimum atomic E-state index is -0.378. The second-order valence-electron chi connectivity index (χ2n) is 5.29. The quantitative estimate of drug-likeness (QED) is 0.819. The van der Waals surface area contributed by atoms with Crippen LogP contribution in [-0.2, 0) is 4.79 Å². The molecule has 0 unspecified atom stereocenters. The first kappa shape index (κ1) is 17.2. The van der Waals surface area contributed by atoms with E-state index in [1.165, 1.54) is 23.1 Å². The highest BCUT2D eigenvalue weighted by Crippen LogP contribution is 2.26. The molecular weight excluding hydrogens is 364 g/mol. The number of thioether (sulfide) groups is 1. The second kappa shape index (κ2) is 7.51.